The third-order valence-corrected chi connectivity index (χ3v) is 5.64. The molecule has 1 aromatic carbocycles. The molecule has 2 heterocycles. The minimum absolute atomic E-state index is 0.117. The van der Waals surface area contributed by atoms with Crippen LogP contribution in [-0.2, 0) is 29.0 Å². The van der Waals surface area contributed by atoms with Crippen LogP contribution in [-0.4, -0.2) is 29.8 Å². The first-order valence-corrected chi connectivity index (χ1v) is 10.6. The Bertz CT molecular complexity index is 999. The molecule has 3 rings (SSSR count). The minimum atomic E-state index is -0.183. The number of rotatable bonds is 8. The van der Waals surface area contributed by atoms with Crippen molar-refractivity contribution in [2.75, 3.05) is 12.4 Å². The zero-order chi connectivity index (χ0) is 20.6. The van der Waals surface area contributed by atoms with Gasteiger partial charge in [0.25, 0.3) is 5.91 Å². The predicted octanol–water partition coefficient (Wildman–Crippen LogP) is 2.60. The molecule has 2 aromatic heterocycles. The molecule has 0 bridgehead atoms. The number of nitrogens with zero attached hydrogens (tertiary/aromatic N) is 1. The number of nitrogens with one attached hydrogen (secondary N) is 3. The van der Waals surface area contributed by atoms with Gasteiger partial charge in [-0.25, -0.2) is 4.98 Å². The van der Waals surface area contributed by atoms with E-state index in [9.17, 15) is 14.4 Å². The van der Waals surface area contributed by atoms with Crippen molar-refractivity contribution in [1.82, 2.24) is 15.6 Å². The summed E-state index contributed by atoms with van der Waals surface area (Å²) in [6.07, 6.45) is 0.425. The molecule has 0 saturated carbocycles. The van der Waals surface area contributed by atoms with Gasteiger partial charge in [0, 0.05) is 29.4 Å². The summed E-state index contributed by atoms with van der Waals surface area (Å²) in [5.74, 6) is -0.486. The Balaban J connectivity index is 1.47. The van der Waals surface area contributed by atoms with Gasteiger partial charge in [-0.05, 0) is 29.1 Å². The van der Waals surface area contributed by atoms with E-state index in [1.807, 2.05) is 23.6 Å². The molecule has 0 aliphatic carbocycles. The molecule has 0 atom stereocenters. The monoisotopic (exact) mass is 428 g/mol. The number of hydrogen-bond donors (Lipinski definition) is 3. The highest BCUT2D eigenvalue weighted by molar-refractivity contribution is 7.14. The number of anilines is 1. The zero-order valence-electron chi connectivity index (χ0n) is 15.7. The number of aromatic nitrogens is 1. The molecule has 3 aromatic rings. The van der Waals surface area contributed by atoms with Crippen LogP contribution in [0.25, 0.3) is 0 Å². The van der Waals surface area contributed by atoms with Crippen LogP contribution in [0.3, 0.4) is 0 Å². The first-order valence-electron chi connectivity index (χ1n) is 8.88. The van der Waals surface area contributed by atoms with E-state index in [-0.39, 0.29) is 24.1 Å². The summed E-state index contributed by atoms with van der Waals surface area (Å²) in [5.41, 5.74) is 1.97. The van der Waals surface area contributed by atoms with Crippen LogP contribution in [0.4, 0.5) is 5.13 Å². The van der Waals surface area contributed by atoms with Crippen molar-refractivity contribution >= 4 is 45.5 Å². The second kappa shape index (κ2) is 9.94. The van der Waals surface area contributed by atoms with E-state index in [2.05, 4.69) is 20.9 Å². The summed E-state index contributed by atoms with van der Waals surface area (Å²) in [5, 5.41) is 12.3. The van der Waals surface area contributed by atoms with E-state index < -0.39 is 0 Å². The third kappa shape index (κ3) is 6.23. The molecule has 9 heteroatoms. The van der Waals surface area contributed by atoms with Gasteiger partial charge in [-0.3, -0.25) is 14.4 Å². The van der Waals surface area contributed by atoms with Crippen molar-refractivity contribution < 1.29 is 14.4 Å². The Labute approximate surface area is 176 Å². The fraction of sp³-hybridized carbons (Fsp3) is 0.200. The fourth-order valence-corrected chi connectivity index (χ4v) is 4.00. The first kappa shape index (κ1) is 20.7. The van der Waals surface area contributed by atoms with Crippen molar-refractivity contribution in [3.8, 4) is 0 Å². The van der Waals surface area contributed by atoms with Crippen molar-refractivity contribution in [3.63, 3.8) is 0 Å². The van der Waals surface area contributed by atoms with E-state index in [1.54, 1.807) is 30.6 Å². The highest BCUT2D eigenvalue weighted by Crippen LogP contribution is 2.17. The van der Waals surface area contributed by atoms with Crippen molar-refractivity contribution in [2.45, 2.75) is 19.4 Å². The maximum atomic E-state index is 12.2. The Hall–Kier alpha value is -3.04. The van der Waals surface area contributed by atoms with Gasteiger partial charge in [0.2, 0.25) is 11.8 Å². The molecule has 29 heavy (non-hydrogen) atoms. The summed E-state index contributed by atoms with van der Waals surface area (Å²) in [7, 11) is 1.57. The molecular formula is C20H20N4O3S2. The molecule has 0 radical (unpaired) electrons. The molecule has 0 aliphatic rings. The second-order valence-corrected chi connectivity index (χ2v) is 8.07. The number of carbonyl (C=O) groups is 3. The average Bonchev–Trinajstić information content (AvgIpc) is 3.38. The molecule has 0 fully saturated rings. The van der Waals surface area contributed by atoms with Crippen LogP contribution in [0.1, 0.15) is 26.5 Å². The molecule has 150 valence electrons. The first-order chi connectivity index (χ1) is 14.0. The van der Waals surface area contributed by atoms with Crippen molar-refractivity contribution in [1.29, 1.82) is 0 Å². The average molecular weight is 429 g/mol. The Morgan fingerprint density at radius 2 is 1.90 bits per heavy atom. The SMILES string of the molecule is CNC(=O)c1cccc(CNC(=O)Cc2csc(NC(=O)Cc3cccs3)n2)c1. The molecule has 0 spiro atoms. The molecule has 3 amide bonds. The van der Waals surface area contributed by atoms with Gasteiger partial charge in [-0.15, -0.1) is 22.7 Å². The highest BCUT2D eigenvalue weighted by atomic mass is 32.1. The van der Waals surface area contributed by atoms with Gasteiger partial charge in [0.05, 0.1) is 18.5 Å². The Kier molecular flexibility index (Phi) is 7.09. The van der Waals surface area contributed by atoms with Crippen LogP contribution in [0, 0.1) is 0 Å². The second-order valence-electron chi connectivity index (χ2n) is 6.18. The number of thiophene rings is 1. The summed E-state index contributed by atoms with van der Waals surface area (Å²) in [6.45, 7) is 0.318. The maximum Gasteiger partial charge on any atom is 0.251 e. The van der Waals surface area contributed by atoms with E-state index in [4.69, 9.17) is 0 Å². The smallest absolute Gasteiger partial charge is 0.251 e. The number of carbonyl (C=O) groups excluding carboxylic acids is 3. The lowest BCUT2D eigenvalue weighted by atomic mass is 10.1. The van der Waals surface area contributed by atoms with Crippen LogP contribution in [0.2, 0.25) is 0 Å². The van der Waals surface area contributed by atoms with Crippen LogP contribution >= 0.6 is 22.7 Å². The molecular weight excluding hydrogens is 408 g/mol. The minimum Gasteiger partial charge on any atom is -0.355 e. The van der Waals surface area contributed by atoms with E-state index in [1.165, 1.54) is 22.7 Å². The number of hydrogen-bond acceptors (Lipinski definition) is 6. The lowest BCUT2D eigenvalue weighted by Gasteiger charge is -2.06. The Morgan fingerprint density at radius 3 is 2.66 bits per heavy atom. The number of benzene rings is 1. The topological polar surface area (TPSA) is 100 Å². The Morgan fingerprint density at radius 1 is 1.03 bits per heavy atom. The quantitative estimate of drug-likeness (QED) is 0.513. The summed E-state index contributed by atoms with van der Waals surface area (Å²) >= 11 is 2.82. The number of amides is 3. The standard InChI is InChI=1S/C20H20N4O3S2/c1-21-19(27)14-5-2-4-13(8-14)11-22-17(25)9-15-12-29-20(23-15)24-18(26)10-16-6-3-7-28-16/h2-8,12H,9-11H2,1H3,(H,21,27)(H,22,25)(H,23,24,26). The van der Waals surface area contributed by atoms with Gasteiger partial charge in [0.15, 0.2) is 5.13 Å². The van der Waals surface area contributed by atoms with Crippen LogP contribution in [0.5, 0.6) is 0 Å². The van der Waals surface area contributed by atoms with Gasteiger partial charge < -0.3 is 16.0 Å². The van der Waals surface area contributed by atoms with E-state index in [0.29, 0.717) is 29.4 Å². The van der Waals surface area contributed by atoms with Crippen molar-refractivity contribution in [3.05, 3.63) is 68.9 Å². The van der Waals surface area contributed by atoms with Crippen LogP contribution in [0.15, 0.2) is 47.2 Å². The normalized spacial score (nSPS) is 10.4. The molecule has 0 aliphatic heterocycles. The number of thiazole rings is 1. The predicted molar refractivity (Wildman–Crippen MR) is 114 cm³/mol. The maximum absolute atomic E-state index is 12.2. The molecule has 0 unspecified atom stereocenters. The summed E-state index contributed by atoms with van der Waals surface area (Å²) in [6, 6.07) is 10.9. The largest absolute Gasteiger partial charge is 0.355 e. The molecule has 0 saturated heterocycles. The zero-order valence-corrected chi connectivity index (χ0v) is 17.4. The van der Waals surface area contributed by atoms with Gasteiger partial charge >= 0.3 is 0 Å². The van der Waals surface area contributed by atoms with E-state index >= 15 is 0 Å². The lowest BCUT2D eigenvalue weighted by Crippen LogP contribution is -2.25. The van der Waals surface area contributed by atoms with Gasteiger partial charge in [-0.2, -0.15) is 0 Å². The molecule has 3 N–H and O–H groups in total. The van der Waals surface area contributed by atoms with E-state index in [0.717, 1.165) is 10.4 Å². The molecule has 7 nitrogen and oxygen atoms in total. The summed E-state index contributed by atoms with van der Waals surface area (Å²) < 4.78 is 0. The third-order valence-electron chi connectivity index (χ3n) is 3.96. The van der Waals surface area contributed by atoms with Crippen LogP contribution < -0.4 is 16.0 Å². The fourth-order valence-electron chi connectivity index (χ4n) is 2.57. The summed E-state index contributed by atoms with van der Waals surface area (Å²) in [4.78, 5) is 41.2. The lowest BCUT2D eigenvalue weighted by molar-refractivity contribution is -0.120. The highest BCUT2D eigenvalue weighted by Gasteiger charge is 2.11. The van der Waals surface area contributed by atoms with Gasteiger partial charge in [-0.1, -0.05) is 18.2 Å². The van der Waals surface area contributed by atoms with Gasteiger partial charge in [0.1, 0.15) is 0 Å². The van der Waals surface area contributed by atoms with Crippen molar-refractivity contribution in [2.24, 2.45) is 0 Å².